The molecule has 26 heavy (non-hydrogen) atoms. The van der Waals surface area contributed by atoms with Crippen LogP contribution >= 0.6 is 0 Å². The third kappa shape index (κ3) is 1.97. The molecular weight excluding hydrogens is 332 g/mol. The molecule has 5 nitrogen and oxygen atoms in total. The number of hydrogen-bond donors (Lipinski definition) is 1. The first-order valence-corrected chi connectivity index (χ1v) is 9.72. The number of aliphatic carboxylic acids is 1. The lowest BCUT2D eigenvalue weighted by molar-refractivity contribution is -0.167. The molecule has 0 saturated heterocycles. The highest BCUT2D eigenvalue weighted by Crippen LogP contribution is 2.67. The molecule has 4 rings (SSSR count). The maximum Gasteiger partial charge on any atom is 0.310 e. The van der Waals surface area contributed by atoms with Gasteiger partial charge >= 0.3 is 5.97 Å². The van der Waals surface area contributed by atoms with Gasteiger partial charge in [-0.25, -0.2) is 0 Å². The standard InChI is InChI=1S/C21H26O5/c1-11-7-16-14-4-3-12-8-13(23)9-18(24)20(12,2)15(14)5-6-21(16,19(25)26)17(11)10-22/h8,10-11,14-17H,3-7,9H2,1-2H3,(H,25,26)/t11?,14-,15+,16+,17?,20+,21-/m1/s1. The minimum atomic E-state index is -0.979. The first-order valence-electron chi connectivity index (χ1n) is 9.72. The zero-order chi connectivity index (χ0) is 18.9. The predicted octanol–water partition coefficient (Wildman–Crippen LogP) is 2.82. The first kappa shape index (κ1) is 17.6. The molecule has 4 aliphatic carbocycles. The molecule has 0 bridgehead atoms. The van der Waals surface area contributed by atoms with Crippen molar-refractivity contribution in [3.63, 3.8) is 0 Å². The molecule has 3 saturated carbocycles. The highest BCUT2D eigenvalue weighted by molar-refractivity contribution is 6.11. The van der Waals surface area contributed by atoms with Gasteiger partial charge in [0.25, 0.3) is 0 Å². The lowest BCUT2D eigenvalue weighted by Crippen LogP contribution is -2.56. The van der Waals surface area contributed by atoms with Crippen molar-refractivity contribution in [1.82, 2.24) is 0 Å². The average molecular weight is 358 g/mol. The summed E-state index contributed by atoms with van der Waals surface area (Å²) in [6.07, 6.45) is 5.81. The molecule has 2 unspecified atom stereocenters. The molecular formula is C21H26O5. The highest BCUT2D eigenvalue weighted by atomic mass is 16.4. The van der Waals surface area contributed by atoms with E-state index in [9.17, 15) is 24.3 Å². The van der Waals surface area contributed by atoms with Crippen LogP contribution in [-0.2, 0) is 19.2 Å². The molecule has 5 heteroatoms. The Bertz CT molecular complexity index is 737. The van der Waals surface area contributed by atoms with E-state index in [1.54, 1.807) is 6.08 Å². The molecule has 0 spiro atoms. The normalized spacial score (nSPS) is 47.5. The lowest BCUT2D eigenvalue weighted by atomic mass is 9.46. The smallest absolute Gasteiger partial charge is 0.310 e. The topological polar surface area (TPSA) is 88.5 Å². The SMILES string of the molecule is CC1C[C@H]2[C@@H]3CCC4=CC(=O)CC(=O)[C@]4(C)[C@H]3CC[C@]2(C(=O)O)C1C=O. The van der Waals surface area contributed by atoms with Gasteiger partial charge in [-0.15, -0.1) is 0 Å². The van der Waals surface area contributed by atoms with Crippen molar-refractivity contribution in [3.05, 3.63) is 11.6 Å². The molecule has 0 heterocycles. The number of aldehydes is 1. The van der Waals surface area contributed by atoms with Crippen molar-refractivity contribution < 1.29 is 24.3 Å². The Morgan fingerprint density at radius 2 is 2.00 bits per heavy atom. The van der Waals surface area contributed by atoms with Crippen LogP contribution in [0, 0.1) is 40.4 Å². The van der Waals surface area contributed by atoms with Crippen LogP contribution in [0.1, 0.15) is 52.4 Å². The summed E-state index contributed by atoms with van der Waals surface area (Å²) in [4.78, 5) is 48.8. The fourth-order valence-electron chi connectivity index (χ4n) is 7.11. The van der Waals surface area contributed by atoms with Crippen molar-refractivity contribution in [2.75, 3.05) is 0 Å². The second-order valence-corrected chi connectivity index (χ2v) is 9.11. The summed E-state index contributed by atoms with van der Waals surface area (Å²) in [5.74, 6) is -1.20. The monoisotopic (exact) mass is 358 g/mol. The number of carboxylic acid groups (broad SMARTS) is 1. The van der Waals surface area contributed by atoms with Crippen LogP contribution in [-0.4, -0.2) is 28.9 Å². The van der Waals surface area contributed by atoms with Crippen LogP contribution < -0.4 is 0 Å². The van der Waals surface area contributed by atoms with Crippen molar-refractivity contribution in [2.24, 2.45) is 40.4 Å². The Labute approximate surface area is 153 Å². The molecule has 3 fully saturated rings. The van der Waals surface area contributed by atoms with Gasteiger partial charge in [0.2, 0.25) is 0 Å². The van der Waals surface area contributed by atoms with Gasteiger partial charge in [0.05, 0.1) is 17.3 Å². The zero-order valence-corrected chi connectivity index (χ0v) is 15.4. The number of carbonyl (C=O) groups excluding carboxylic acids is 3. The summed E-state index contributed by atoms with van der Waals surface area (Å²) in [6.45, 7) is 3.95. The molecule has 140 valence electrons. The summed E-state index contributed by atoms with van der Waals surface area (Å²) >= 11 is 0. The summed E-state index contributed by atoms with van der Waals surface area (Å²) in [5.41, 5.74) is -0.668. The molecule has 0 amide bonds. The van der Waals surface area contributed by atoms with Crippen LogP contribution in [0.15, 0.2) is 11.6 Å². The van der Waals surface area contributed by atoms with Gasteiger partial charge in [0.15, 0.2) is 11.6 Å². The Morgan fingerprint density at radius 1 is 1.27 bits per heavy atom. The van der Waals surface area contributed by atoms with Crippen LogP contribution in [0.25, 0.3) is 0 Å². The Hall–Kier alpha value is -1.78. The average Bonchev–Trinajstić information content (AvgIpc) is 2.88. The van der Waals surface area contributed by atoms with Crippen LogP contribution in [0.4, 0.5) is 0 Å². The molecule has 0 radical (unpaired) electrons. The molecule has 0 aromatic rings. The van der Waals surface area contributed by atoms with E-state index in [2.05, 4.69) is 0 Å². The molecule has 4 aliphatic rings. The lowest BCUT2D eigenvalue weighted by Gasteiger charge is -2.56. The van der Waals surface area contributed by atoms with Crippen LogP contribution in [0.2, 0.25) is 0 Å². The summed E-state index contributed by atoms with van der Waals surface area (Å²) in [5, 5.41) is 10.1. The summed E-state index contributed by atoms with van der Waals surface area (Å²) < 4.78 is 0. The van der Waals surface area contributed by atoms with Gasteiger partial charge in [-0.1, -0.05) is 12.5 Å². The van der Waals surface area contributed by atoms with Crippen molar-refractivity contribution in [3.8, 4) is 0 Å². The van der Waals surface area contributed by atoms with Crippen molar-refractivity contribution >= 4 is 23.8 Å². The maximum atomic E-state index is 12.9. The van der Waals surface area contributed by atoms with Gasteiger partial charge in [0, 0.05) is 5.92 Å². The number of rotatable bonds is 2. The first-order chi connectivity index (χ1) is 12.3. The fraction of sp³-hybridized carbons (Fsp3) is 0.714. The van der Waals surface area contributed by atoms with E-state index in [0.717, 1.165) is 24.7 Å². The fourth-order valence-corrected chi connectivity index (χ4v) is 7.11. The van der Waals surface area contributed by atoms with Gasteiger partial charge in [-0.05, 0) is 68.8 Å². The number of hydrogen-bond acceptors (Lipinski definition) is 4. The van der Waals surface area contributed by atoms with Crippen molar-refractivity contribution in [1.29, 1.82) is 0 Å². The third-order valence-corrected chi connectivity index (χ3v) is 8.35. The molecule has 0 aromatic carbocycles. The second kappa shape index (κ2) is 5.61. The van der Waals surface area contributed by atoms with E-state index in [0.29, 0.717) is 19.3 Å². The Balaban J connectivity index is 1.78. The van der Waals surface area contributed by atoms with Crippen LogP contribution in [0.3, 0.4) is 0 Å². The van der Waals surface area contributed by atoms with Gasteiger partial charge in [-0.2, -0.15) is 0 Å². The largest absolute Gasteiger partial charge is 0.481 e. The van der Waals surface area contributed by atoms with Gasteiger partial charge < -0.3 is 9.90 Å². The maximum absolute atomic E-state index is 12.9. The second-order valence-electron chi connectivity index (χ2n) is 9.11. The number of allylic oxidation sites excluding steroid dienone is 1. The molecule has 0 aromatic heterocycles. The Kier molecular flexibility index (Phi) is 3.80. The third-order valence-electron chi connectivity index (χ3n) is 8.35. The number of carbonyl (C=O) groups is 4. The van der Waals surface area contributed by atoms with E-state index in [-0.39, 0.29) is 41.7 Å². The van der Waals surface area contributed by atoms with Crippen molar-refractivity contribution in [2.45, 2.75) is 52.4 Å². The van der Waals surface area contributed by atoms with Crippen LogP contribution in [0.5, 0.6) is 0 Å². The molecule has 7 atom stereocenters. The van der Waals surface area contributed by atoms with E-state index >= 15 is 0 Å². The molecule has 0 aliphatic heterocycles. The quantitative estimate of drug-likeness (QED) is 0.606. The van der Waals surface area contributed by atoms with E-state index in [4.69, 9.17) is 0 Å². The number of carboxylic acids is 1. The van der Waals surface area contributed by atoms with E-state index < -0.39 is 22.7 Å². The number of Topliss-reactive ketones (excluding diaryl/α,β-unsaturated/α-hetero) is 1. The van der Waals surface area contributed by atoms with E-state index in [1.165, 1.54) is 0 Å². The minimum absolute atomic E-state index is 0.00416. The Morgan fingerprint density at radius 3 is 2.65 bits per heavy atom. The summed E-state index contributed by atoms with van der Waals surface area (Å²) in [6, 6.07) is 0. The summed E-state index contributed by atoms with van der Waals surface area (Å²) in [7, 11) is 0. The number of ketones is 2. The highest BCUT2D eigenvalue weighted by Gasteiger charge is 2.66. The number of fused-ring (bicyclic) bond motifs is 5. The van der Waals surface area contributed by atoms with Gasteiger partial charge in [0.1, 0.15) is 6.29 Å². The predicted molar refractivity (Wildman–Crippen MR) is 93.2 cm³/mol. The molecule has 1 N–H and O–H groups in total. The minimum Gasteiger partial charge on any atom is -0.481 e. The van der Waals surface area contributed by atoms with E-state index in [1.807, 2.05) is 13.8 Å². The zero-order valence-electron chi connectivity index (χ0n) is 15.4. The van der Waals surface area contributed by atoms with Gasteiger partial charge in [-0.3, -0.25) is 14.4 Å².